The van der Waals surface area contributed by atoms with Crippen LogP contribution in [0.25, 0.3) is 0 Å². The molecule has 1 unspecified atom stereocenters. The van der Waals surface area contributed by atoms with E-state index in [0.717, 1.165) is 24.3 Å². The molecule has 1 aromatic carbocycles. The van der Waals surface area contributed by atoms with Crippen LogP contribution in [0.4, 0.5) is 0 Å². The van der Waals surface area contributed by atoms with Crippen LogP contribution in [-0.2, 0) is 0 Å². The first-order chi connectivity index (χ1) is 6.79. The largest absolute Gasteiger partial charge is 0.120 e. The molecule has 0 saturated heterocycles. The van der Waals surface area contributed by atoms with Gasteiger partial charge in [0.05, 0.1) is 0 Å². The van der Waals surface area contributed by atoms with Crippen LogP contribution in [0.3, 0.4) is 0 Å². The Morgan fingerprint density at radius 1 is 1.43 bits per heavy atom. The van der Waals surface area contributed by atoms with Crippen molar-refractivity contribution in [3.63, 3.8) is 0 Å². The summed E-state index contributed by atoms with van der Waals surface area (Å²) in [6, 6.07) is 7.96. The van der Waals surface area contributed by atoms with Crippen molar-refractivity contribution in [1.82, 2.24) is 0 Å². The summed E-state index contributed by atoms with van der Waals surface area (Å²) < 4.78 is 0. The number of benzene rings is 1. The van der Waals surface area contributed by atoms with Crippen LogP contribution in [0.1, 0.15) is 37.7 Å². The first-order valence-corrected chi connectivity index (χ1v) is 5.35. The first kappa shape index (κ1) is 11.1. The summed E-state index contributed by atoms with van der Waals surface area (Å²) in [5.74, 6) is 3.14. The number of hydrogen-bond acceptors (Lipinski definition) is 0. The third-order valence-electron chi connectivity index (χ3n) is 2.35. The molecule has 1 rings (SSSR count). The van der Waals surface area contributed by atoms with Gasteiger partial charge in [-0.1, -0.05) is 43.1 Å². The fourth-order valence-corrected chi connectivity index (χ4v) is 1.95. The van der Waals surface area contributed by atoms with Gasteiger partial charge in [-0.3, -0.25) is 0 Å². The second kappa shape index (κ2) is 5.73. The summed E-state index contributed by atoms with van der Waals surface area (Å²) in [4.78, 5) is 0. The van der Waals surface area contributed by atoms with Crippen LogP contribution in [0.2, 0.25) is 5.02 Å². The second-order valence-corrected chi connectivity index (χ2v) is 3.82. The predicted octanol–water partition coefficient (Wildman–Crippen LogP) is 4.25. The van der Waals surface area contributed by atoms with Crippen LogP contribution < -0.4 is 0 Å². The van der Waals surface area contributed by atoms with Crippen LogP contribution in [0.5, 0.6) is 0 Å². The number of terminal acetylenes is 1. The van der Waals surface area contributed by atoms with E-state index in [1.807, 2.05) is 18.2 Å². The van der Waals surface area contributed by atoms with Gasteiger partial charge in [-0.2, -0.15) is 0 Å². The Hall–Kier alpha value is -0.930. The Bertz CT molecular complexity index is 322. The van der Waals surface area contributed by atoms with E-state index in [2.05, 4.69) is 18.9 Å². The zero-order valence-corrected chi connectivity index (χ0v) is 9.22. The molecule has 0 aromatic heterocycles. The lowest BCUT2D eigenvalue weighted by atomic mass is 9.92. The van der Waals surface area contributed by atoms with E-state index in [0.29, 0.717) is 5.92 Å². The Morgan fingerprint density at radius 3 is 2.71 bits per heavy atom. The van der Waals surface area contributed by atoms with Crippen molar-refractivity contribution in [2.24, 2.45) is 0 Å². The van der Waals surface area contributed by atoms with Gasteiger partial charge in [0.2, 0.25) is 0 Å². The summed E-state index contributed by atoms with van der Waals surface area (Å²) in [7, 11) is 0. The van der Waals surface area contributed by atoms with Crippen molar-refractivity contribution in [1.29, 1.82) is 0 Å². The Labute approximate surface area is 91.3 Å². The molecule has 0 spiro atoms. The van der Waals surface area contributed by atoms with E-state index in [-0.39, 0.29) is 0 Å². The summed E-state index contributed by atoms with van der Waals surface area (Å²) >= 11 is 6.12. The summed E-state index contributed by atoms with van der Waals surface area (Å²) in [5.41, 5.74) is 1.19. The highest BCUT2D eigenvalue weighted by atomic mass is 35.5. The van der Waals surface area contributed by atoms with Gasteiger partial charge in [0.1, 0.15) is 0 Å². The standard InChI is InChI=1S/C13H15Cl/c1-3-7-11(8-4-2)12-9-5-6-10-13(12)14/h1,5-6,9-11H,4,7-8H2,2H3. The molecule has 0 saturated carbocycles. The lowest BCUT2D eigenvalue weighted by Crippen LogP contribution is -1.98. The van der Waals surface area contributed by atoms with E-state index in [1.54, 1.807) is 0 Å². The van der Waals surface area contributed by atoms with Gasteiger partial charge in [-0.25, -0.2) is 0 Å². The second-order valence-electron chi connectivity index (χ2n) is 3.42. The van der Waals surface area contributed by atoms with E-state index in [9.17, 15) is 0 Å². The smallest absolute Gasteiger partial charge is 0.0441 e. The average molecular weight is 207 g/mol. The maximum atomic E-state index is 6.12. The van der Waals surface area contributed by atoms with Gasteiger partial charge < -0.3 is 0 Å². The number of rotatable bonds is 4. The van der Waals surface area contributed by atoms with E-state index in [1.165, 1.54) is 5.56 Å². The van der Waals surface area contributed by atoms with E-state index in [4.69, 9.17) is 18.0 Å². The molecule has 0 amide bonds. The molecule has 0 aliphatic rings. The van der Waals surface area contributed by atoms with Gasteiger partial charge in [0, 0.05) is 11.4 Å². The third-order valence-corrected chi connectivity index (χ3v) is 2.69. The number of hydrogen-bond donors (Lipinski definition) is 0. The fourth-order valence-electron chi connectivity index (χ4n) is 1.66. The number of halogens is 1. The summed E-state index contributed by atoms with van der Waals surface area (Å²) in [5, 5.41) is 0.834. The molecule has 0 aliphatic heterocycles. The SMILES string of the molecule is C#CCC(CCC)c1ccccc1Cl. The van der Waals surface area contributed by atoms with Crippen molar-refractivity contribution < 1.29 is 0 Å². The van der Waals surface area contributed by atoms with Gasteiger partial charge >= 0.3 is 0 Å². The zero-order chi connectivity index (χ0) is 10.4. The fraction of sp³-hybridized carbons (Fsp3) is 0.385. The Balaban J connectivity index is 2.88. The molecule has 0 fully saturated rings. The quantitative estimate of drug-likeness (QED) is 0.647. The molecule has 0 heterocycles. The normalized spacial score (nSPS) is 12.1. The third kappa shape index (κ3) is 2.79. The molecule has 14 heavy (non-hydrogen) atoms. The Kier molecular flexibility index (Phi) is 4.56. The maximum absolute atomic E-state index is 6.12. The van der Waals surface area contributed by atoms with Crippen molar-refractivity contribution in [3.8, 4) is 12.3 Å². The minimum absolute atomic E-state index is 0.415. The van der Waals surface area contributed by atoms with Crippen molar-refractivity contribution in [2.45, 2.75) is 32.1 Å². The van der Waals surface area contributed by atoms with Gasteiger partial charge in [-0.05, 0) is 24.0 Å². The molecule has 1 aromatic rings. The molecule has 1 heteroatoms. The summed E-state index contributed by atoms with van der Waals surface area (Å²) in [6.07, 6.45) is 8.37. The highest BCUT2D eigenvalue weighted by molar-refractivity contribution is 6.31. The van der Waals surface area contributed by atoms with Crippen LogP contribution in [-0.4, -0.2) is 0 Å². The molecule has 74 valence electrons. The lowest BCUT2D eigenvalue weighted by Gasteiger charge is -2.14. The molecular formula is C13H15Cl. The molecule has 1 atom stereocenters. The van der Waals surface area contributed by atoms with Crippen LogP contribution >= 0.6 is 11.6 Å². The van der Waals surface area contributed by atoms with Crippen LogP contribution in [0.15, 0.2) is 24.3 Å². The monoisotopic (exact) mass is 206 g/mol. The molecular weight excluding hydrogens is 192 g/mol. The highest BCUT2D eigenvalue weighted by Crippen LogP contribution is 2.30. The molecule has 0 aliphatic carbocycles. The van der Waals surface area contributed by atoms with Crippen molar-refractivity contribution in [3.05, 3.63) is 34.9 Å². The minimum atomic E-state index is 0.415. The van der Waals surface area contributed by atoms with Crippen molar-refractivity contribution >= 4 is 11.6 Å². The predicted molar refractivity (Wildman–Crippen MR) is 62.6 cm³/mol. The average Bonchev–Trinajstić information content (AvgIpc) is 2.18. The van der Waals surface area contributed by atoms with Crippen molar-refractivity contribution in [2.75, 3.05) is 0 Å². The maximum Gasteiger partial charge on any atom is 0.0441 e. The van der Waals surface area contributed by atoms with Gasteiger partial charge in [0.15, 0.2) is 0 Å². The highest BCUT2D eigenvalue weighted by Gasteiger charge is 2.11. The molecule has 0 N–H and O–H groups in total. The molecule has 0 radical (unpaired) electrons. The first-order valence-electron chi connectivity index (χ1n) is 4.97. The summed E-state index contributed by atoms with van der Waals surface area (Å²) in [6.45, 7) is 2.17. The zero-order valence-electron chi connectivity index (χ0n) is 8.46. The van der Waals surface area contributed by atoms with E-state index >= 15 is 0 Å². The Morgan fingerprint density at radius 2 is 2.14 bits per heavy atom. The minimum Gasteiger partial charge on any atom is -0.120 e. The lowest BCUT2D eigenvalue weighted by molar-refractivity contribution is 0.629. The molecule has 0 bridgehead atoms. The van der Waals surface area contributed by atoms with Gasteiger partial charge in [-0.15, -0.1) is 12.3 Å². The van der Waals surface area contributed by atoms with E-state index < -0.39 is 0 Å². The topological polar surface area (TPSA) is 0 Å². The molecule has 0 nitrogen and oxygen atoms in total. The van der Waals surface area contributed by atoms with Gasteiger partial charge in [0.25, 0.3) is 0 Å². The van der Waals surface area contributed by atoms with Crippen LogP contribution in [0, 0.1) is 12.3 Å².